The predicted octanol–water partition coefficient (Wildman–Crippen LogP) is 3.29. The fourth-order valence-electron chi connectivity index (χ4n) is 1.52. The molecule has 4 N–H and O–H groups in total. The van der Waals surface area contributed by atoms with Gasteiger partial charge in [0.15, 0.2) is 5.82 Å². The number of hydrazine groups is 1. The van der Waals surface area contributed by atoms with Crippen molar-refractivity contribution in [2.24, 2.45) is 5.84 Å². The molecule has 0 saturated carbocycles. The first-order valence-electron chi connectivity index (χ1n) is 5.34. The van der Waals surface area contributed by atoms with Gasteiger partial charge in [0, 0.05) is 0 Å². The summed E-state index contributed by atoms with van der Waals surface area (Å²) in [6, 6.07) is 5.11. The second-order valence-corrected chi connectivity index (χ2v) is 4.49. The maximum Gasteiger partial charge on any atom is 0.418 e. The van der Waals surface area contributed by atoms with Gasteiger partial charge in [-0.3, -0.25) is 0 Å². The highest BCUT2D eigenvalue weighted by Crippen LogP contribution is 2.37. The Labute approximate surface area is 120 Å². The molecule has 0 amide bonds. The fourth-order valence-corrected chi connectivity index (χ4v) is 1.94. The van der Waals surface area contributed by atoms with Crippen LogP contribution in [0.25, 0.3) is 0 Å². The Morgan fingerprint density at radius 2 is 1.75 bits per heavy atom. The van der Waals surface area contributed by atoms with E-state index in [1.165, 1.54) is 24.5 Å². The third-order valence-corrected chi connectivity index (χ3v) is 3.16. The normalized spacial score (nSPS) is 11.2. The minimum Gasteiger partial charge on any atom is -0.339 e. The molecule has 2 rings (SSSR count). The monoisotopic (exact) mass is 347 g/mol. The molecule has 0 saturated heterocycles. The summed E-state index contributed by atoms with van der Waals surface area (Å²) in [5.41, 5.74) is 1.41. The topological polar surface area (TPSA) is 75.9 Å². The molecule has 0 radical (unpaired) electrons. The number of nitrogens with two attached hydrogens (primary N) is 1. The highest BCUT2D eigenvalue weighted by Gasteiger charge is 2.33. The lowest BCUT2D eigenvalue weighted by atomic mass is 10.1. The number of para-hydroxylation sites is 1. The van der Waals surface area contributed by atoms with Crippen LogP contribution in [0.4, 0.5) is 30.5 Å². The maximum absolute atomic E-state index is 12.9. The van der Waals surface area contributed by atoms with E-state index in [1.807, 2.05) is 0 Å². The fraction of sp³-hybridized carbons (Fsp3) is 0.0909. The van der Waals surface area contributed by atoms with Crippen LogP contribution in [-0.2, 0) is 6.18 Å². The van der Waals surface area contributed by atoms with Gasteiger partial charge in [0.25, 0.3) is 0 Å². The highest BCUT2D eigenvalue weighted by atomic mass is 79.9. The van der Waals surface area contributed by atoms with Crippen molar-refractivity contribution in [2.75, 3.05) is 10.7 Å². The third-order valence-electron chi connectivity index (χ3n) is 2.41. The largest absolute Gasteiger partial charge is 0.418 e. The number of nitrogens with one attached hydrogen (secondary N) is 2. The molecule has 5 nitrogen and oxygen atoms in total. The van der Waals surface area contributed by atoms with Gasteiger partial charge in [-0.15, -0.1) is 0 Å². The van der Waals surface area contributed by atoms with Crippen LogP contribution in [0.5, 0.6) is 0 Å². The average molecular weight is 348 g/mol. The molecule has 9 heteroatoms. The Hall–Kier alpha value is -1.87. The van der Waals surface area contributed by atoms with Crippen LogP contribution in [0.1, 0.15) is 5.56 Å². The SMILES string of the molecule is NNc1ncnc(Nc2ccccc2C(F)(F)F)c1Br. The average Bonchev–Trinajstić information content (AvgIpc) is 2.40. The number of hydrogen-bond acceptors (Lipinski definition) is 5. The van der Waals surface area contributed by atoms with Gasteiger partial charge in [0.2, 0.25) is 0 Å². The summed E-state index contributed by atoms with van der Waals surface area (Å²) in [6.07, 6.45) is -3.28. The number of anilines is 3. The highest BCUT2D eigenvalue weighted by molar-refractivity contribution is 9.10. The molecular weight excluding hydrogens is 339 g/mol. The van der Waals surface area contributed by atoms with Gasteiger partial charge in [-0.1, -0.05) is 12.1 Å². The van der Waals surface area contributed by atoms with E-state index in [-0.39, 0.29) is 17.3 Å². The summed E-state index contributed by atoms with van der Waals surface area (Å²) in [5, 5.41) is 2.61. The lowest BCUT2D eigenvalue weighted by Gasteiger charge is -2.15. The lowest BCUT2D eigenvalue weighted by molar-refractivity contribution is -0.136. The molecule has 1 heterocycles. The molecule has 0 aliphatic heterocycles. The summed E-state index contributed by atoms with van der Waals surface area (Å²) in [7, 11) is 0. The molecule has 0 aliphatic carbocycles. The summed E-state index contributed by atoms with van der Waals surface area (Å²) >= 11 is 3.16. The van der Waals surface area contributed by atoms with Crippen LogP contribution in [-0.4, -0.2) is 9.97 Å². The number of aromatic nitrogens is 2. The van der Waals surface area contributed by atoms with Crippen molar-refractivity contribution in [2.45, 2.75) is 6.18 Å². The van der Waals surface area contributed by atoms with Gasteiger partial charge in [-0.25, -0.2) is 15.8 Å². The minimum atomic E-state index is -4.46. The van der Waals surface area contributed by atoms with Crippen LogP contribution < -0.4 is 16.6 Å². The van der Waals surface area contributed by atoms with Gasteiger partial charge in [0.1, 0.15) is 16.6 Å². The Kier molecular flexibility index (Phi) is 4.09. The molecule has 0 aliphatic rings. The molecule has 2 aromatic rings. The molecule has 20 heavy (non-hydrogen) atoms. The molecule has 1 aromatic carbocycles. The Morgan fingerprint density at radius 3 is 2.40 bits per heavy atom. The molecule has 106 valence electrons. The quantitative estimate of drug-likeness (QED) is 0.586. The van der Waals surface area contributed by atoms with E-state index < -0.39 is 11.7 Å². The molecule has 0 fully saturated rings. The third kappa shape index (κ3) is 2.99. The minimum absolute atomic E-state index is 0.109. The lowest BCUT2D eigenvalue weighted by Crippen LogP contribution is -2.12. The number of nitrogen functional groups attached to an aromatic ring is 1. The van der Waals surface area contributed by atoms with Crippen molar-refractivity contribution in [1.29, 1.82) is 0 Å². The van der Waals surface area contributed by atoms with Crippen molar-refractivity contribution in [3.8, 4) is 0 Å². The first-order valence-corrected chi connectivity index (χ1v) is 6.13. The van der Waals surface area contributed by atoms with E-state index in [0.717, 1.165) is 6.07 Å². The van der Waals surface area contributed by atoms with E-state index in [0.29, 0.717) is 4.47 Å². The van der Waals surface area contributed by atoms with Crippen LogP contribution in [0.15, 0.2) is 35.1 Å². The molecule has 0 atom stereocenters. The smallest absolute Gasteiger partial charge is 0.339 e. The van der Waals surface area contributed by atoms with Gasteiger partial charge in [-0.05, 0) is 28.1 Å². The number of nitrogens with zero attached hydrogens (tertiary/aromatic N) is 2. The summed E-state index contributed by atoms with van der Waals surface area (Å²) in [5.74, 6) is 5.66. The van der Waals surface area contributed by atoms with Gasteiger partial charge < -0.3 is 10.7 Å². The number of hydrogen-bond donors (Lipinski definition) is 3. The first-order chi connectivity index (χ1) is 9.43. The Bertz CT molecular complexity index is 617. The molecule has 0 spiro atoms. The van der Waals surface area contributed by atoms with E-state index in [4.69, 9.17) is 5.84 Å². The summed E-state index contributed by atoms with van der Waals surface area (Å²) < 4.78 is 39.0. The number of alkyl halides is 3. The van der Waals surface area contributed by atoms with Gasteiger partial charge in [-0.2, -0.15) is 13.2 Å². The molecule has 1 aromatic heterocycles. The van der Waals surface area contributed by atoms with Crippen LogP contribution in [0.3, 0.4) is 0 Å². The maximum atomic E-state index is 12.9. The van der Waals surface area contributed by atoms with Crippen molar-refractivity contribution in [1.82, 2.24) is 9.97 Å². The van der Waals surface area contributed by atoms with Crippen LogP contribution in [0, 0.1) is 0 Å². The van der Waals surface area contributed by atoms with E-state index in [9.17, 15) is 13.2 Å². The van der Waals surface area contributed by atoms with Gasteiger partial charge >= 0.3 is 6.18 Å². The Morgan fingerprint density at radius 1 is 1.10 bits per heavy atom. The zero-order valence-corrected chi connectivity index (χ0v) is 11.5. The zero-order chi connectivity index (χ0) is 14.8. The number of benzene rings is 1. The molecule has 0 bridgehead atoms. The predicted molar refractivity (Wildman–Crippen MR) is 72.3 cm³/mol. The van der Waals surface area contributed by atoms with E-state index in [2.05, 4.69) is 36.6 Å². The van der Waals surface area contributed by atoms with E-state index in [1.54, 1.807) is 0 Å². The van der Waals surface area contributed by atoms with Gasteiger partial charge in [0.05, 0.1) is 11.3 Å². The van der Waals surface area contributed by atoms with Crippen molar-refractivity contribution >= 4 is 33.3 Å². The second kappa shape index (κ2) is 5.63. The second-order valence-electron chi connectivity index (χ2n) is 3.70. The van der Waals surface area contributed by atoms with Crippen LogP contribution in [0.2, 0.25) is 0 Å². The summed E-state index contributed by atoms with van der Waals surface area (Å²) in [6.45, 7) is 0. The number of halogens is 4. The van der Waals surface area contributed by atoms with Crippen molar-refractivity contribution in [3.05, 3.63) is 40.6 Å². The first kappa shape index (κ1) is 14.5. The Balaban J connectivity index is 2.41. The zero-order valence-electron chi connectivity index (χ0n) is 9.87. The van der Waals surface area contributed by atoms with Crippen molar-refractivity contribution in [3.63, 3.8) is 0 Å². The molecular formula is C11H9BrF3N5. The van der Waals surface area contributed by atoms with Crippen molar-refractivity contribution < 1.29 is 13.2 Å². The standard InChI is InChI=1S/C11H9BrF3N5/c12-8-9(17-5-18-10(8)20-16)19-7-4-2-1-3-6(7)11(13,14)15/h1-5H,16H2,(H2,17,18,19,20). The molecule has 0 unspecified atom stereocenters. The number of rotatable bonds is 3. The van der Waals surface area contributed by atoms with E-state index >= 15 is 0 Å². The summed E-state index contributed by atoms with van der Waals surface area (Å²) in [4.78, 5) is 7.69. The van der Waals surface area contributed by atoms with Crippen LogP contribution >= 0.6 is 15.9 Å².